The van der Waals surface area contributed by atoms with E-state index in [0.717, 1.165) is 5.56 Å². The van der Waals surface area contributed by atoms with Crippen LogP contribution in [0, 0.1) is 0 Å². The summed E-state index contributed by atoms with van der Waals surface area (Å²) in [5, 5.41) is 1.10. The van der Waals surface area contributed by atoms with Crippen molar-refractivity contribution in [3.05, 3.63) is 33.8 Å². The first-order valence-electron chi connectivity index (χ1n) is 4.32. The second-order valence-electron chi connectivity index (χ2n) is 3.07. The second kappa shape index (κ2) is 5.35. The molecule has 0 fully saturated rings. The highest BCUT2D eigenvalue weighted by molar-refractivity contribution is 6.33. The minimum absolute atomic E-state index is 0.312. The zero-order valence-electron chi connectivity index (χ0n) is 8.17. The van der Waals surface area contributed by atoms with Crippen LogP contribution in [0.5, 0.6) is 0 Å². The molecule has 0 bridgehead atoms. The van der Waals surface area contributed by atoms with Gasteiger partial charge in [-0.3, -0.25) is 4.79 Å². The molecule has 15 heavy (non-hydrogen) atoms. The Morgan fingerprint density at radius 1 is 1.53 bits per heavy atom. The van der Waals surface area contributed by atoms with E-state index < -0.39 is 12.0 Å². The Kier molecular flexibility index (Phi) is 4.39. The van der Waals surface area contributed by atoms with Gasteiger partial charge in [-0.25, -0.2) is 0 Å². The Morgan fingerprint density at radius 2 is 2.20 bits per heavy atom. The van der Waals surface area contributed by atoms with Gasteiger partial charge in [0.05, 0.1) is 7.11 Å². The van der Waals surface area contributed by atoms with Crippen LogP contribution in [0.15, 0.2) is 18.2 Å². The molecule has 1 aromatic carbocycles. The molecule has 0 saturated carbocycles. The maximum absolute atomic E-state index is 11.1. The van der Waals surface area contributed by atoms with Crippen molar-refractivity contribution in [2.75, 3.05) is 7.11 Å². The first kappa shape index (κ1) is 12.3. The Labute approximate surface area is 98.1 Å². The van der Waals surface area contributed by atoms with E-state index >= 15 is 0 Å². The number of rotatable bonds is 3. The average molecular weight is 248 g/mol. The monoisotopic (exact) mass is 247 g/mol. The van der Waals surface area contributed by atoms with Gasteiger partial charge >= 0.3 is 5.97 Å². The number of ether oxygens (including phenoxy) is 1. The van der Waals surface area contributed by atoms with Crippen LogP contribution in [0.3, 0.4) is 0 Å². The summed E-state index contributed by atoms with van der Waals surface area (Å²) < 4.78 is 4.51. The van der Waals surface area contributed by atoms with E-state index in [1.54, 1.807) is 18.2 Å². The van der Waals surface area contributed by atoms with Gasteiger partial charge in [0, 0.05) is 10.0 Å². The predicted octanol–water partition coefficient (Wildman–Crippen LogP) is 2.04. The van der Waals surface area contributed by atoms with Gasteiger partial charge < -0.3 is 10.5 Å². The number of carbonyl (C=O) groups excluding carboxylic acids is 1. The van der Waals surface area contributed by atoms with E-state index in [-0.39, 0.29) is 0 Å². The molecule has 5 heteroatoms. The molecule has 1 aromatic rings. The zero-order chi connectivity index (χ0) is 11.4. The molecule has 0 heterocycles. The highest BCUT2D eigenvalue weighted by Crippen LogP contribution is 2.21. The lowest BCUT2D eigenvalue weighted by Crippen LogP contribution is -2.33. The zero-order valence-corrected chi connectivity index (χ0v) is 9.68. The number of benzene rings is 1. The fraction of sp³-hybridized carbons (Fsp3) is 0.300. The van der Waals surface area contributed by atoms with Crippen LogP contribution in [0.2, 0.25) is 10.0 Å². The molecule has 0 radical (unpaired) electrons. The van der Waals surface area contributed by atoms with Crippen LogP contribution in [-0.4, -0.2) is 19.1 Å². The van der Waals surface area contributed by atoms with E-state index in [1.807, 2.05) is 0 Å². The largest absolute Gasteiger partial charge is 0.468 e. The van der Waals surface area contributed by atoms with Gasteiger partial charge in [-0.15, -0.1) is 0 Å². The molecule has 1 atom stereocenters. The molecular formula is C10H11Cl2NO2. The fourth-order valence-electron chi connectivity index (χ4n) is 1.17. The van der Waals surface area contributed by atoms with Crippen molar-refractivity contribution in [3.63, 3.8) is 0 Å². The molecule has 0 spiro atoms. The van der Waals surface area contributed by atoms with Crippen LogP contribution >= 0.6 is 23.2 Å². The maximum Gasteiger partial charge on any atom is 0.322 e. The van der Waals surface area contributed by atoms with E-state index in [4.69, 9.17) is 28.9 Å². The third-order valence-corrected chi connectivity index (χ3v) is 2.56. The summed E-state index contributed by atoms with van der Waals surface area (Å²) in [5.41, 5.74) is 6.34. The molecule has 0 aliphatic carbocycles. The van der Waals surface area contributed by atoms with Crippen molar-refractivity contribution in [2.24, 2.45) is 5.73 Å². The summed E-state index contributed by atoms with van der Waals surface area (Å²) in [6.07, 6.45) is 0.312. The molecule has 0 aromatic heterocycles. The summed E-state index contributed by atoms with van der Waals surface area (Å²) in [7, 11) is 1.29. The number of nitrogens with two attached hydrogens (primary N) is 1. The normalized spacial score (nSPS) is 12.3. The van der Waals surface area contributed by atoms with E-state index in [1.165, 1.54) is 7.11 Å². The number of hydrogen-bond acceptors (Lipinski definition) is 3. The van der Waals surface area contributed by atoms with Gasteiger partial charge in [-0.2, -0.15) is 0 Å². The Bertz CT molecular complexity index is 368. The van der Waals surface area contributed by atoms with Crippen LogP contribution in [0.1, 0.15) is 5.56 Å². The van der Waals surface area contributed by atoms with Crippen LogP contribution in [0.25, 0.3) is 0 Å². The van der Waals surface area contributed by atoms with Crippen molar-refractivity contribution < 1.29 is 9.53 Å². The first-order valence-corrected chi connectivity index (χ1v) is 5.07. The summed E-state index contributed by atoms with van der Waals surface area (Å²) in [4.78, 5) is 11.1. The second-order valence-corrected chi connectivity index (χ2v) is 3.91. The van der Waals surface area contributed by atoms with Crippen molar-refractivity contribution in [1.29, 1.82) is 0 Å². The van der Waals surface area contributed by atoms with Crippen molar-refractivity contribution in [1.82, 2.24) is 0 Å². The summed E-state index contributed by atoms with van der Waals surface area (Å²) in [5.74, 6) is -0.467. The summed E-state index contributed by atoms with van der Waals surface area (Å²) >= 11 is 11.7. The molecule has 0 aliphatic rings. The molecule has 82 valence electrons. The molecule has 0 unspecified atom stereocenters. The Morgan fingerprint density at radius 3 is 2.80 bits per heavy atom. The maximum atomic E-state index is 11.1. The van der Waals surface area contributed by atoms with E-state index in [9.17, 15) is 4.79 Å². The number of carbonyl (C=O) groups is 1. The molecular weight excluding hydrogens is 237 g/mol. The van der Waals surface area contributed by atoms with Gasteiger partial charge in [0.25, 0.3) is 0 Å². The topological polar surface area (TPSA) is 52.3 Å². The predicted molar refractivity (Wildman–Crippen MR) is 60.2 cm³/mol. The molecule has 0 aliphatic heterocycles. The van der Waals surface area contributed by atoms with Gasteiger partial charge in [0.15, 0.2) is 0 Å². The van der Waals surface area contributed by atoms with Crippen molar-refractivity contribution in [3.8, 4) is 0 Å². The lowest BCUT2D eigenvalue weighted by Gasteiger charge is -2.10. The summed E-state index contributed by atoms with van der Waals surface area (Å²) in [6.45, 7) is 0. The Balaban J connectivity index is 2.80. The number of hydrogen-bond donors (Lipinski definition) is 1. The standard InChI is InChI=1S/C10H11Cl2NO2/c1-15-10(14)9(13)5-6-4-7(11)2-3-8(6)12/h2-4,9H,5,13H2,1H3/t9-/m0/s1. The minimum atomic E-state index is -0.717. The smallest absolute Gasteiger partial charge is 0.322 e. The molecule has 2 N–H and O–H groups in total. The van der Waals surface area contributed by atoms with Crippen molar-refractivity contribution >= 4 is 29.2 Å². The highest BCUT2D eigenvalue weighted by atomic mass is 35.5. The molecule has 3 nitrogen and oxygen atoms in total. The number of halogens is 2. The quantitative estimate of drug-likeness (QED) is 0.832. The average Bonchev–Trinajstić information content (AvgIpc) is 2.22. The van der Waals surface area contributed by atoms with Crippen molar-refractivity contribution in [2.45, 2.75) is 12.5 Å². The van der Waals surface area contributed by atoms with E-state index in [0.29, 0.717) is 16.5 Å². The molecule has 1 rings (SSSR count). The Hall–Kier alpha value is -0.770. The number of methoxy groups -OCH3 is 1. The lowest BCUT2D eigenvalue weighted by atomic mass is 10.1. The first-order chi connectivity index (χ1) is 7.04. The molecule has 0 saturated heterocycles. The lowest BCUT2D eigenvalue weighted by molar-refractivity contribution is -0.142. The number of esters is 1. The minimum Gasteiger partial charge on any atom is -0.468 e. The van der Waals surface area contributed by atoms with Crippen LogP contribution < -0.4 is 5.73 Å². The third-order valence-electron chi connectivity index (χ3n) is 1.95. The molecule has 0 amide bonds. The van der Waals surface area contributed by atoms with Crippen LogP contribution in [-0.2, 0) is 16.0 Å². The van der Waals surface area contributed by atoms with Gasteiger partial charge in [0.1, 0.15) is 6.04 Å². The SMILES string of the molecule is COC(=O)[C@@H](N)Cc1cc(Cl)ccc1Cl. The van der Waals surface area contributed by atoms with Gasteiger partial charge in [0.2, 0.25) is 0 Å². The fourth-order valence-corrected chi connectivity index (χ4v) is 1.56. The third kappa shape index (κ3) is 3.38. The van der Waals surface area contributed by atoms with E-state index in [2.05, 4.69) is 4.74 Å². The summed E-state index contributed by atoms with van der Waals surface area (Å²) in [6, 6.07) is 4.32. The van der Waals surface area contributed by atoms with Gasteiger partial charge in [-0.1, -0.05) is 23.2 Å². The van der Waals surface area contributed by atoms with Gasteiger partial charge in [-0.05, 0) is 30.2 Å². The van der Waals surface area contributed by atoms with Crippen LogP contribution in [0.4, 0.5) is 0 Å². The highest BCUT2D eigenvalue weighted by Gasteiger charge is 2.15.